The fourth-order valence-electron chi connectivity index (χ4n) is 2.58. The average Bonchev–Trinajstić information content (AvgIpc) is 3.00. The third-order valence-electron chi connectivity index (χ3n) is 3.72. The summed E-state index contributed by atoms with van der Waals surface area (Å²) < 4.78 is 5.44. The summed E-state index contributed by atoms with van der Waals surface area (Å²) in [5.74, 6) is -0.583. The van der Waals surface area contributed by atoms with E-state index in [0.29, 0.717) is 10.6 Å². The van der Waals surface area contributed by atoms with Gasteiger partial charge in [-0.15, -0.1) is 0 Å². The topological polar surface area (TPSA) is 46.6 Å². The fourth-order valence-corrected chi connectivity index (χ4v) is 3.01. The second kappa shape index (κ2) is 7.27. The minimum atomic E-state index is -0.404. The number of halogens is 2. The van der Waals surface area contributed by atoms with Crippen molar-refractivity contribution < 1.29 is 14.3 Å². The highest BCUT2D eigenvalue weighted by atomic mass is 79.9. The molecule has 1 saturated carbocycles. The van der Waals surface area contributed by atoms with Gasteiger partial charge in [-0.25, -0.2) is 0 Å². The summed E-state index contributed by atoms with van der Waals surface area (Å²) in [6.45, 7) is -0.0202. The minimum Gasteiger partial charge on any atom is -0.468 e. The molecule has 1 aliphatic carbocycles. The Balaban J connectivity index is 2.23. The first-order valence-electron chi connectivity index (χ1n) is 6.85. The molecule has 1 amide bonds. The lowest BCUT2D eigenvalue weighted by Crippen LogP contribution is -2.42. The number of carbonyl (C=O) groups excluding carboxylic acids is 2. The first kappa shape index (κ1) is 16.3. The van der Waals surface area contributed by atoms with Gasteiger partial charge in [-0.2, -0.15) is 0 Å². The molecule has 21 heavy (non-hydrogen) atoms. The van der Waals surface area contributed by atoms with Gasteiger partial charge in [0.05, 0.1) is 12.1 Å². The van der Waals surface area contributed by atoms with E-state index in [0.717, 1.165) is 30.2 Å². The molecule has 0 aliphatic heterocycles. The number of carbonyl (C=O) groups is 2. The largest absolute Gasteiger partial charge is 0.468 e. The molecule has 0 radical (unpaired) electrons. The Morgan fingerprint density at radius 3 is 2.62 bits per heavy atom. The number of hydrogen-bond donors (Lipinski definition) is 0. The molecule has 6 heteroatoms. The minimum absolute atomic E-state index is 0.0202. The second-order valence-electron chi connectivity index (χ2n) is 5.08. The molecule has 1 aromatic carbocycles. The van der Waals surface area contributed by atoms with Gasteiger partial charge in [0.2, 0.25) is 0 Å². The van der Waals surface area contributed by atoms with Gasteiger partial charge in [0.1, 0.15) is 6.54 Å². The van der Waals surface area contributed by atoms with E-state index < -0.39 is 5.97 Å². The molecule has 0 N–H and O–H groups in total. The van der Waals surface area contributed by atoms with E-state index in [1.165, 1.54) is 7.11 Å². The van der Waals surface area contributed by atoms with Gasteiger partial charge in [-0.05, 0) is 47.0 Å². The van der Waals surface area contributed by atoms with E-state index in [1.807, 2.05) is 0 Å². The summed E-state index contributed by atoms with van der Waals surface area (Å²) in [5.41, 5.74) is 0.485. The van der Waals surface area contributed by atoms with E-state index >= 15 is 0 Å². The Morgan fingerprint density at radius 2 is 2.05 bits per heavy atom. The van der Waals surface area contributed by atoms with Gasteiger partial charge in [-0.1, -0.05) is 24.4 Å². The number of esters is 1. The van der Waals surface area contributed by atoms with Crippen LogP contribution in [-0.4, -0.2) is 36.5 Å². The highest BCUT2D eigenvalue weighted by molar-refractivity contribution is 9.10. The van der Waals surface area contributed by atoms with Gasteiger partial charge in [-0.3, -0.25) is 9.59 Å². The highest BCUT2D eigenvalue weighted by Crippen LogP contribution is 2.27. The zero-order valence-corrected chi connectivity index (χ0v) is 14.1. The van der Waals surface area contributed by atoms with Gasteiger partial charge < -0.3 is 9.64 Å². The van der Waals surface area contributed by atoms with E-state index in [-0.39, 0.29) is 18.5 Å². The van der Waals surface area contributed by atoms with Crippen LogP contribution in [0.4, 0.5) is 0 Å². The van der Waals surface area contributed by atoms with E-state index in [2.05, 4.69) is 15.9 Å². The van der Waals surface area contributed by atoms with Crippen LogP contribution >= 0.6 is 27.5 Å². The predicted molar refractivity (Wildman–Crippen MR) is 84.5 cm³/mol. The summed E-state index contributed by atoms with van der Waals surface area (Å²) >= 11 is 9.35. The van der Waals surface area contributed by atoms with Crippen LogP contribution in [0.1, 0.15) is 36.0 Å². The maximum absolute atomic E-state index is 12.7. The van der Waals surface area contributed by atoms with Crippen molar-refractivity contribution >= 4 is 39.4 Å². The second-order valence-corrected chi connectivity index (χ2v) is 6.34. The summed E-state index contributed by atoms with van der Waals surface area (Å²) in [7, 11) is 1.33. The Kier molecular flexibility index (Phi) is 5.65. The van der Waals surface area contributed by atoms with Crippen LogP contribution in [0.3, 0.4) is 0 Å². The Morgan fingerprint density at radius 1 is 1.38 bits per heavy atom. The van der Waals surface area contributed by atoms with Crippen LogP contribution in [0, 0.1) is 0 Å². The number of amides is 1. The molecule has 2 rings (SSSR count). The lowest BCUT2D eigenvalue weighted by molar-refractivity contribution is -0.141. The van der Waals surface area contributed by atoms with Crippen molar-refractivity contribution in [2.45, 2.75) is 31.7 Å². The maximum atomic E-state index is 12.7. The SMILES string of the molecule is COC(=O)CN(C(=O)c1ccc(Br)c(Cl)c1)C1CCCC1. The van der Waals surface area contributed by atoms with Crippen molar-refractivity contribution in [1.82, 2.24) is 4.90 Å². The van der Waals surface area contributed by atoms with Gasteiger partial charge >= 0.3 is 5.97 Å². The lowest BCUT2D eigenvalue weighted by atomic mass is 10.1. The van der Waals surface area contributed by atoms with Gasteiger partial charge in [0.15, 0.2) is 0 Å². The molecule has 0 atom stereocenters. The Hall–Kier alpha value is -1.07. The first-order valence-corrected chi connectivity index (χ1v) is 8.03. The third kappa shape index (κ3) is 3.98. The summed E-state index contributed by atoms with van der Waals surface area (Å²) in [6.07, 6.45) is 4.01. The molecule has 0 unspecified atom stereocenters. The number of hydrogen-bond acceptors (Lipinski definition) is 3. The first-order chi connectivity index (χ1) is 10.0. The van der Waals surface area contributed by atoms with Crippen molar-refractivity contribution in [3.8, 4) is 0 Å². The average molecular weight is 375 g/mol. The van der Waals surface area contributed by atoms with Crippen LogP contribution in [-0.2, 0) is 9.53 Å². The third-order valence-corrected chi connectivity index (χ3v) is 4.95. The molecule has 1 fully saturated rings. The number of benzene rings is 1. The van der Waals surface area contributed by atoms with Crippen molar-refractivity contribution in [1.29, 1.82) is 0 Å². The van der Waals surface area contributed by atoms with Crippen molar-refractivity contribution in [3.63, 3.8) is 0 Å². The number of ether oxygens (including phenoxy) is 1. The quantitative estimate of drug-likeness (QED) is 0.756. The van der Waals surface area contributed by atoms with Gasteiger partial charge in [0.25, 0.3) is 5.91 Å². The highest BCUT2D eigenvalue weighted by Gasteiger charge is 2.29. The van der Waals surface area contributed by atoms with Crippen molar-refractivity contribution in [2.24, 2.45) is 0 Å². The Bertz CT molecular complexity index is 544. The Labute approximate surface area is 137 Å². The molecule has 1 aromatic rings. The van der Waals surface area contributed by atoms with Crippen molar-refractivity contribution in [3.05, 3.63) is 33.3 Å². The molecule has 0 bridgehead atoms. The van der Waals surface area contributed by atoms with E-state index in [1.54, 1.807) is 23.1 Å². The van der Waals surface area contributed by atoms with Crippen LogP contribution < -0.4 is 0 Å². The molecule has 1 aliphatic rings. The van der Waals surface area contributed by atoms with Crippen LogP contribution in [0.5, 0.6) is 0 Å². The van der Waals surface area contributed by atoms with Crippen LogP contribution in [0.25, 0.3) is 0 Å². The van der Waals surface area contributed by atoms with E-state index in [4.69, 9.17) is 16.3 Å². The molecule has 4 nitrogen and oxygen atoms in total. The molecular formula is C15H17BrClNO3. The molecule has 114 valence electrons. The van der Waals surface area contributed by atoms with Crippen molar-refractivity contribution in [2.75, 3.05) is 13.7 Å². The zero-order chi connectivity index (χ0) is 15.4. The zero-order valence-electron chi connectivity index (χ0n) is 11.8. The molecule has 0 saturated heterocycles. The maximum Gasteiger partial charge on any atom is 0.325 e. The number of nitrogens with zero attached hydrogens (tertiary/aromatic N) is 1. The van der Waals surface area contributed by atoms with Gasteiger partial charge in [0, 0.05) is 16.1 Å². The van der Waals surface area contributed by atoms with Crippen LogP contribution in [0.2, 0.25) is 5.02 Å². The smallest absolute Gasteiger partial charge is 0.325 e. The standard InChI is InChI=1S/C15H17BrClNO3/c1-21-14(19)9-18(11-4-2-3-5-11)15(20)10-6-7-12(16)13(17)8-10/h6-8,11H,2-5,9H2,1H3. The summed E-state index contributed by atoms with van der Waals surface area (Å²) in [6, 6.07) is 5.16. The predicted octanol–water partition coefficient (Wildman–Crippen LogP) is 3.66. The molecule has 0 heterocycles. The molecule has 0 spiro atoms. The molecule has 0 aromatic heterocycles. The number of rotatable bonds is 4. The lowest BCUT2D eigenvalue weighted by Gasteiger charge is -2.28. The number of methoxy groups -OCH3 is 1. The summed E-state index contributed by atoms with van der Waals surface area (Å²) in [5, 5.41) is 0.477. The monoisotopic (exact) mass is 373 g/mol. The molecular weight excluding hydrogens is 358 g/mol. The van der Waals surface area contributed by atoms with Crippen LogP contribution in [0.15, 0.2) is 22.7 Å². The normalized spacial score (nSPS) is 15.0. The van der Waals surface area contributed by atoms with E-state index in [9.17, 15) is 9.59 Å². The summed E-state index contributed by atoms with van der Waals surface area (Å²) in [4.78, 5) is 25.9. The fraction of sp³-hybridized carbons (Fsp3) is 0.467.